The smallest absolute Gasteiger partial charge is 0.248 e. The lowest BCUT2D eigenvalue weighted by atomic mass is 10.1. The van der Waals surface area contributed by atoms with Crippen LogP contribution in [0.15, 0.2) is 65.7 Å². The molecule has 8 heteroatoms. The number of piperidine rings is 1. The van der Waals surface area contributed by atoms with Gasteiger partial charge in [-0.3, -0.25) is 9.00 Å². The Labute approximate surface area is 184 Å². The maximum absolute atomic E-state index is 12.9. The molecule has 0 saturated carbocycles. The number of benzene rings is 2. The molecular formula is C23H25N5O2S. The Morgan fingerprint density at radius 3 is 2.39 bits per heavy atom. The summed E-state index contributed by atoms with van der Waals surface area (Å²) in [5, 5.41) is 3.35. The summed E-state index contributed by atoms with van der Waals surface area (Å²) >= 11 is 0. The number of likely N-dealkylation sites (tertiary alicyclic amines) is 1. The zero-order valence-corrected chi connectivity index (χ0v) is 18.1. The molecule has 1 atom stereocenters. The zero-order chi connectivity index (χ0) is 21.8. The number of amides is 1. The number of nitrogens with one attached hydrogen (secondary N) is 1. The Kier molecular flexibility index (Phi) is 6.39. The van der Waals surface area contributed by atoms with Crippen molar-refractivity contribution in [3.05, 3.63) is 66.4 Å². The van der Waals surface area contributed by atoms with Crippen LogP contribution in [0.5, 0.6) is 0 Å². The fourth-order valence-corrected chi connectivity index (χ4v) is 5.01. The normalized spacial score (nSPS) is 16.0. The maximum Gasteiger partial charge on any atom is 0.248 e. The lowest BCUT2D eigenvalue weighted by molar-refractivity contribution is 0.100. The number of nitrogens with zero attached hydrogens (tertiary/aromatic N) is 3. The Bertz CT molecular complexity index is 1080. The molecule has 1 aliphatic rings. The topological polar surface area (TPSA) is 101 Å². The van der Waals surface area contributed by atoms with Crippen LogP contribution >= 0.6 is 0 Å². The Hall–Kier alpha value is -3.10. The highest BCUT2D eigenvalue weighted by molar-refractivity contribution is 7.85. The van der Waals surface area contributed by atoms with Crippen molar-refractivity contribution in [2.75, 3.05) is 25.5 Å². The van der Waals surface area contributed by atoms with Crippen molar-refractivity contribution in [3.8, 4) is 11.3 Å². The molecule has 1 amide bonds. The minimum absolute atomic E-state index is 0.220. The van der Waals surface area contributed by atoms with Gasteiger partial charge in [-0.15, -0.1) is 0 Å². The third-order valence-corrected chi connectivity index (χ3v) is 7.25. The molecule has 1 aromatic heterocycles. The van der Waals surface area contributed by atoms with Gasteiger partial charge >= 0.3 is 0 Å². The van der Waals surface area contributed by atoms with Crippen LogP contribution in [0.4, 0.5) is 11.6 Å². The molecule has 1 aliphatic heterocycles. The largest absolute Gasteiger partial charge is 0.366 e. The van der Waals surface area contributed by atoms with Crippen LogP contribution in [0.3, 0.4) is 0 Å². The van der Waals surface area contributed by atoms with Gasteiger partial charge in [-0.05, 0) is 75.4 Å². The van der Waals surface area contributed by atoms with E-state index in [0.717, 1.165) is 47.8 Å². The number of hydrogen-bond acceptors (Lipinski definition) is 6. The van der Waals surface area contributed by atoms with Crippen LogP contribution in [0, 0.1) is 0 Å². The van der Waals surface area contributed by atoms with Crippen LogP contribution in [-0.4, -0.2) is 50.4 Å². The van der Waals surface area contributed by atoms with Crippen molar-refractivity contribution < 1.29 is 9.00 Å². The summed E-state index contributed by atoms with van der Waals surface area (Å²) in [7, 11) is 1.12. The molecule has 0 bridgehead atoms. The van der Waals surface area contributed by atoms with Crippen LogP contribution in [-0.2, 0) is 10.8 Å². The van der Waals surface area contributed by atoms with Gasteiger partial charge < -0.3 is 16.0 Å². The van der Waals surface area contributed by atoms with Crippen molar-refractivity contribution in [2.45, 2.75) is 23.0 Å². The van der Waals surface area contributed by atoms with E-state index in [1.807, 2.05) is 30.3 Å². The molecule has 160 valence electrons. The first-order valence-corrected chi connectivity index (χ1v) is 11.4. The van der Waals surface area contributed by atoms with Crippen molar-refractivity contribution >= 4 is 28.3 Å². The first kappa shape index (κ1) is 21.1. The Morgan fingerprint density at radius 2 is 1.74 bits per heavy atom. The standard InChI is InChI=1S/C23H25N5O2S/c1-28-14-11-20(12-15-28)31(30)19-8-4-16(5-9-19)21-10-13-25-23(27-21)26-18-6-2-17(3-7-18)22(24)29/h2-10,13,20H,11-12,14-15H2,1H3,(H2,24,29)(H,25,26,27). The summed E-state index contributed by atoms with van der Waals surface area (Å²) in [6, 6.07) is 16.4. The van der Waals surface area contributed by atoms with E-state index in [-0.39, 0.29) is 5.25 Å². The zero-order valence-electron chi connectivity index (χ0n) is 17.3. The Morgan fingerprint density at radius 1 is 1.06 bits per heavy atom. The number of carbonyl (C=O) groups excluding carboxylic acids is 1. The van der Waals surface area contributed by atoms with E-state index in [9.17, 15) is 9.00 Å². The second kappa shape index (κ2) is 9.36. The van der Waals surface area contributed by atoms with E-state index >= 15 is 0 Å². The van der Waals surface area contributed by atoms with Crippen LogP contribution in [0.25, 0.3) is 11.3 Å². The summed E-state index contributed by atoms with van der Waals surface area (Å²) in [5.41, 5.74) is 8.17. The van der Waals surface area contributed by atoms with Crippen molar-refractivity contribution in [2.24, 2.45) is 5.73 Å². The van der Waals surface area contributed by atoms with E-state index < -0.39 is 16.7 Å². The fraction of sp³-hybridized carbons (Fsp3) is 0.261. The van der Waals surface area contributed by atoms with Gasteiger partial charge in [0.2, 0.25) is 11.9 Å². The van der Waals surface area contributed by atoms with Gasteiger partial charge in [0.1, 0.15) is 0 Å². The quantitative estimate of drug-likeness (QED) is 0.617. The summed E-state index contributed by atoms with van der Waals surface area (Å²) < 4.78 is 12.9. The molecule has 4 rings (SSSR count). The van der Waals surface area contributed by atoms with Crippen molar-refractivity contribution in [3.63, 3.8) is 0 Å². The first-order chi connectivity index (χ1) is 15.0. The van der Waals surface area contributed by atoms with E-state index in [0.29, 0.717) is 11.5 Å². The van der Waals surface area contributed by atoms with Crippen molar-refractivity contribution in [1.29, 1.82) is 0 Å². The third kappa shape index (κ3) is 5.15. The minimum atomic E-state index is -0.990. The molecule has 0 radical (unpaired) electrons. The molecule has 3 aromatic rings. The molecule has 1 unspecified atom stereocenters. The second-order valence-corrected chi connectivity index (χ2v) is 9.39. The first-order valence-electron chi connectivity index (χ1n) is 10.2. The molecule has 31 heavy (non-hydrogen) atoms. The summed E-state index contributed by atoms with van der Waals surface area (Å²) in [5.74, 6) is -0.0201. The minimum Gasteiger partial charge on any atom is -0.366 e. The number of aromatic nitrogens is 2. The molecule has 0 spiro atoms. The number of anilines is 2. The summed E-state index contributed by atoms with van der Waals surface area (Å²) in [4.78, 5) is 23.2. The van der Waals surface area contributed by atoms with Gasteiger partial charge in [0, 0.05) is 33.2 Å². The fourth-order valence-electron chi connectivity index (χ4n) is 3.58. The lowest BCUT2D eigenvalue weighted by Gasteiger charge is -2.28. The lowest BCUT2D eigenvalue weighted by Crippen LogP contribution is -2.34. The van der Waals surface area contributed by atoms with Crippen molar-refractivity contribution in [1.82, 2.24) is 14.9 Å². The van der Waals surface area contributed by atoms with Gasteiger partial charge in [-0.2, -0.15) is 0 Å². The number of nitrogens with two attached hydrogens (primary N) is 1. The summed E-state index contributed by atoms with van der Waals surface area (Å²) in [6.07, 6.45) is 3.62. The SMILES string of the molecule is CN1CCC(S(=O)c2ccc(-c3ccnc(Nc4ccc(C(N)=O)cc4)n3)cc2)CC1. The monoisotopic (exact) mass is 435 g/mol. The molecule has 1 saturated heterocycles. The molecule has 1 fully saturated rings. The molecule has 3 N–H and O–H groups in total. The summed E-state index contributed by atoms with van der Waals surface area (Å²) in [6.45, 7) is 1.99. The average Bonchev–Trinajstić information content (AvgIpc) is 2.80. The predicted octanol–water partition coefficient (Wildman–Crippen LogP) is 3.19. The van der Waals surface area contributed by atoms with E-state index in [1.165, 1.54) is 0 Å². The molecule has 2 aromatic carbocycles. The van der Waals surface area contributed by atoms with Crippen LogP contribution in [0.1, 0.15) is 23.2 Å². The third-order valence-electron chi connectivity index (χ3n) is 5.43. The van der Waals surface area contributed by atoms with E-state index in [1.54, 1.807) is 30.5 Å². The van der Waals surface area contributed by atoms with Gasteiger partial charge in [-0.25, -0.2) is 9.97 Å². The van der Waals surface area contributed by atoms with E-state index in [4.69, 9.17) is 5.73 Å². The van der Waals surface area contributed by atoms with Gasteiger partial charge in [-0.1, -0.05) is 12.1 Å². The molecule has 0 aliphatic carbocycles. The number of primary amides is 1. The highest BCUT2D eigenvalue weighted by Gasteiger charge is 2.23. The predicted molar refractivity (Wildman–Crippen MR) is 123 cm³/mol. The van der Waals surface area contributed by atoms with Gasteiger partial charge in [0.15, 0.2) is 0 Å². The Balaban J connectivity index is 1.46. The number of rotatable bonds is 6. The molecule has 7 nitrogen and oxygen atoms in total. The van der Waals surface area contributed by atoms with E-state index in [2.05, 4.69) is 27.2 Å². The number of carbonyl (C=O) groups is 1. The average molecular weight is 436 g/mol. The highest BCUT2D eigenvalue weighted by atomic mass is 32.2. The molecular weight excluding hydrogens is 410 g/mol. The second-order valence-electron chi connectivity index (χ2n) is 7.66. The van der Waals surface area contributed by atoms with Gasteiger partial charge in [0.05, 0.1) is 16.5 Å². The molecule has 2 heterocycles. The maximum atomic E-state index is 12.9. The number of hydrogen-bond donors (Lipinski definition) is 2. The highest BCUT2D eigenvalue weighted by Crippen LogP contribution is 2.24. The van der Waals surface area contributed by atoms with Gasteiger partial charge in [0.25, 0.3) is 0 Å². The van der Waals surface area contributed by atoms with Crippen LogP contribution in [0.2, 0.25) is 0 Å². The van der Waals surface area contributed by atoms with Crippen LogP contribution < -0.4 is 11.1 Å².